The fraction of sp³-hybridized carbons (Fsp3) is 0.647. The van der Waals surface area contributed by atoms with Crippen molar-refractivity contribution in [2.75, 3.05) is 13.2 Å². The summed E-state index contributed by atoms with van der Waals surface area (Å²) in [4.78, 5) is 0. The zero-order valence-electron chi connectivity index (χ0n) is 13.7. The van der Waals surface area contributed by atoms with E-state index in [1.807, 2.05) is 26.8 Å². The Labute approximate surface area is 123 Å². The van der Waals surface area contributed by atoms with Gasteiger partial charge in [-0.2, -0.15) is 0 Å². The van der Waals surface area contributed by atoms with Crippen molar-refractivity contribution in [3.8, 4) is 5.75 Å². The first kappa shape index (κ1) is 17.0. The van der Waals surface area contributed by atoms with Crippen molar-refractivity contribution in [2.24, 2.45) is 5.92 Å². The average Bonchev–Trinajstić information content (AvgIpc) is 2.36. The fourth-order valence-corrected chi connectivity index (χ4v) is 1.93. The molecular formula is C17H29NO2. The lowest BCUT2D eigenvalue weighted by molar-refractivity contribution is -0.0269. The Morgan fingerprint density at radius 1 is 1.30 bits per heavy atom. The molecule has 3 nitrogen and oxygen atoms in total. The molecule has 0 heterocycles. The molecule has 2 atom stereocenters. The molecule has 1 rings (SSSR count). The molecule has 114 valence electrons. The third kappa shape index (κ3) is 4.50. The smallest absolute Gasteiger partial charge is 0.124 e. The predicted molar refractivity (Wildman–Crippen MR) is 84.2 cm³/mol. The van der Waals surface area contributed by atoms with Crippen LogP contribution in [0.15, 0.2) is 18.2 Å². The largest absolute Gasteiger partial charge is 0.490 e. The predicted octanol–water partition coefficient (Wildman–Crippen LogP) is 3.45. The normalized spacial score (nSPS) is 16.0. The van der Waals surface area contributed by atoms with E-state index in [9.17, 15) is 5.11 Å². The Morgan fingerprint density at radius 2 is 1.95 bits per heavy atom. The van der Waals surface area contributed by atoms with Crippen molar-refractivity contribution in [2.45, 2.75) is 53.2 Å². The highest BCUT2D eigenvalue weighted by atomic mass is 16.5. The van der Waals surface area contributed by atoms with E-state index in [1.54, 1.807) is 0 Å². The molecule has 0 saturated carbocycles. The van der Waals surface area contributed by atoms with E-state index in [4.69, 9.17) is 4.74 Å². The van der Waals surface area contributed by atoms with Gasteiger partial charge in [0.1, 0.15) is 12.4 Å². The Kier molecular flexibility index (Phi) is 6.03. The van der Waals surface area contributed by atoms with Crippen LogP contribution < -0.4 is 10.1 Å². The third-order valence-electron chi connectivity index (χ3n) is 3.91. The number of benzene rings is 1. The van der Waals surface area contributed by atoms with Crippen LogP contribution in [0.1, 0.15) is 51.8 Å². The van der Waals surface area contributed by atoms with Crippen molar-refractivity contribution >= 4 is 0 Å². The maximum absolute atomic E-state index is 10.3. The van der Waals surface area contributed by atoms with E-state index >= 15 is 0 Å². The highest BCUT2D eigenvalue weighted by Crippen LogP contribution is 2.28. The van der Waals surface area contributed by atoms with Crippen molar-refractivity contribution in [1.29, 1.82) is 0 Å². The van der Waals surface area contributed by atoms with Crippen LogP contribution in [-0.4, -0.2) is 23.9 Å². The van der Waals surface area contributed by atoms with E-state index < -0.39 is 5.60 Å². The topological polar surface area (TPSA) is 41.5 Å². The molecule has 0 radical (unpaired) electrons. The van der Waals surface area contributed by atoms with Crippen LogP contribution in [-0.2, 0) is 0 Å². The lowest BCUT2D eigenvalue weighted by atomic mass is 9.93. The standard InChI is InChI=1S/C17H29NO2/c1-7-18-14(5)15-9-8-13(4)10-16(15)20-11-17(6,19)12(2)3/h8-10,12,14,18-19H,7,11H2,1-6H3. The molecule has 2 unspecified atom stereocenters. The van der Waals surface area contributed by atoms with E-state index in [0.717, 1.165) is 23.4 Å². The lowest BCUT2D eigenvalue weighted by Gasteiger charge is -2.28. The van der Waals surface area contributed by atoms with Crippen LogP contribution in [0, 0.1) is 12.8 Å². The molecule has 1 aromatic rings. The van der Waals surface area contributed by atoms with Gasteiger partial charge in [-0.3, -0.25) is 0 Å². The van der Waals surface area contributed by atoms with Gasteiger partial charge in [0.15, 0.2) is 0 Å². The molecule has 0 amide bonds. The summed E-state index contributed by atoms with van der Waals surface area (Å²) < 4.78 is 5.92. The minimum atomic E-state index is -0.817. The van der Waals surface area contributed by atoms with Crippen molar-refractivity contribution in [1.82, 2.24) is 5.32 Å². The summed E-state index contributed by atoms with van der Waals surface area (Å²) in [7, 11) is 0. The molecule has 1 aromatic carbocycles. The number of rotatable bonds is 7. The van der Waals surface area contributed by atoms with E-state index in [1.165, 1.54) is 0 Å². The van der Waals surface area contributed by atoms with Crippen LogP contribution in [0.5, 0.6) is 5.75 Å². The molecule has 0 aromatic heterocycles. The second-order valence-electron chi connectivity index (χ2n) is 6.12. The Hall–Kier alpha value is -1.06. The number of hydrogen-bond acceptors (Lipinski definition) is 3. The number of aryl methyl sites for hydroxylation is 1. The molecule has 3 heteroatoms. The first-order valence-electron chi connectivity index (χ1n) is 7.47. The summed E-state index contributed by atoms with van der Waals surface area (Å²) in [5.41, 5.74) is 1.48. The average molecular weight is 279 g/mol. The fourth-order valence-electron chi connectivity index (χ4n) is 1.93. The van der Waals surface area contributed by atoms with Gasteiger partial charge >= 0.3 is 0 Å². The van der Waals surface area contributed by atoms with E-state index in [-0.39, 0.29) is 12.0 Å². The minimum absolute atomic E-state index is 0.155. The summed E-state index contributed by atoms with van der Waals surface area (Å²) >= 11 is 0. The second-order valence-corrected chi connectivity index (χ2v) is 6.12. The van der Waals surface area contributed by atoms with Gasteiger partial charge in [-0.25, -0.2) is 0 Å². The van der Waals surface area contributed by atoms with Crippen molar-refractivity contribution < 1.29 is 9.84 Å². The zero-order valence-corrected chi connectivity index (χ0v) is 13.7. The summed E-state index contributed by atoms with van der Waals surface area (Å²) in [6.45, 7) is 13.3. The highest BCUT2D eigenvalue weighted by Gasteiger charge is 2.26. The third-order valence-corrected chi connectivity index (χ3v) is 3.91. The van der Waals surface area contributed by atoms with Crippen LogP contribution in [0.3, 0.4) is 0 Å². The van der Waals surface area contributed by atoms with Crippen LogP contribution in [0.25, 0.3) is 0 Å². The van der Waals surface area contributed by atoms with Gasteiger partial charge < -0.3 is 15.2 Å². The highest BCUT2D eigenvalue weighted by molar-refractivity contribution is 5.39. The van der Waals surface area contributed by atoms with E-state index in [0.29, 0.717) is 6.61 Å². The van der Waals surface area contributed by atoms with Crippen LogP contribution in [0.4, 0.5) is 0 Å². The minimum Gasteiger partial charge on any atom is -0.490 e. The Balaban J connectivity index is 2.90. The Morgan fingerprint density at radius 3 is 2.50 bits per heavy atom. The number of hydrogen-bond donors (Lipinski definition) is 2. The van der Waals surface area contributed by atoms with Crippen molar-refractivity contribution in [3.63, 3.8) is 0 Å². The summed E-state index contributed by atoms with van der Waals surface area (Å²) in [6, 6.07) is 6.47. The molecule has 0 spiro atoms. The molecule has 0 bridgehead atoms. The molecule has 0 aliphatic carbocycles. The summed E-state index contributed by atoms with van der Waals surface area (Å²) in [5, 5.41) is 13.7. The molecule has 20 heavy (non-hydrogen) atoms. The maximum atomic E-state index is 10.3. The van der Waals surface area contributed by atoms with E-state index in [2.05, 4.69) is 38.2 Å². The molecule has 0 aliphatic heterocycles. The van der Waals surface area contributed by atoms with Gasteiger partial charge in [-0.1, -0.05) is 32.9 Å². The first-order chi connectivity index (χ1) is 9.27. The lowest BCUT2D eigenvalue weighted by Crippen LogP contribution is -2.38. The van der Waals surface area contributed by atoms with Crippen LogP contribution >= 0.6 is 0 Å². The van der Waals surface area contributed by atoms with Gasteiger partial charge in [0.25, 0.3) is 0 Å². The number of nitrogens with one attached hydrogen (secondary N) is 1. The molecule has 2 N–H and O–H groups in total. The van der Waals surface area contributed by atoms with Gasteiger partial charge in [0, 0.05) is 11.6 Å². The van der Waals surface area contributed by atoms with Gasteiger partial charge in [-0.15, -0.1) is 0 Å². The summed E-state index contributed by atoms with van der Waals surface area (Å²) in [6.07, 6.45) is 0. The number of aliphatic hydroxyl groups is 1. The van der Waals surface area contributed by atoms with Gasteiger partial charge in [0.05, 0.1) is 5.60 Å². The second kappa shape index (κ2) is 7.09. The number of ether oxygens (including phenoxy) is 1. The van der Waals surface area contributed by atoms with Crippen LogP contribution in [0.2, 0.25) is 0 Å². The Bertz CT molecular complexity index is 427. The van der Waals surface area contributed by atoms with Crippen molar-refractivity contribution in [3.05, 3.63) is 29.3 Å². The molecule has 0 aliphatic rings. The maximum Gasteiger partial charge on any atom is 0.124 e. The first-order valence-corrected chi connectivity index (χ1v) is 7.47. The molecular weight excluding hydrogens is 250 g/mol. The molecule has 0 fully saturated rings. The zero-order chi connectivity index (χ0) is 15.3. The quantitative estimate of drug-likeness (QED) is 0.803. The van der Waals surface area contributed by atoms with Gasteiger partial charge in [-0.05, 0) is 44.9 Å². The monoisotopic (exact) mass is 279 g/mol. The summed E-state index contributed by atoms with van der Waals surface area (Å²) in [5.74, 6) is 1.02. The molecule has 0 saturated heterocycles. The van der Waals surface area contributed by atoms with Gasteiger partial charge in [0.2, 0.25) is 0 Å². The SMILES string of the molecule is CCNC(C)c1ccc(C)cc1OCC(C)(O)C(C)C.